The van der Waals surface area contributed by atoms with Crippen molar-refractivity contribution >= 4 is 12.0 Å². The van der Waals surface area contributed by atoms with Gasteiger partial charge in [-0.3, -0.25) is 0 Å². The van der Waals surface area contributed by atoms with Crippen molar-refractivity contribution in [3.8, 4) is 16.9 Å². The average Bonchev–Trinajstić information content (AvgIpc) is 2.10. The van der Waals surface area contributed by atoms with Crippen molar-refractivity contribution in [1.29, 1.82) is 0 Å². The third-order valence-corrected chi connectivity index (χ3v) is 2.21. The molecule has 68 valence electrons. The Morgan fingerprint density at radius 2 is 1.85 bits per heavy atom. The number of rotatable bonds is 2. The first kappa shape index (κ1) is 10.0. The largest absolute Gasteiger partial charge is 0.412 e. The van der Waals surface area contributed by atoms with Crippen LogP contribution in [0.3, 0.4) is 0 Å². The van der Waals surface area contributed by atoms with E-state index in [0.29, 0.717) is 0 Å². The first-order chi connectivity index (χ1) is 6.25. The van der Waals surface area contributed by atoms with Crippen molar-refractivity contribution in [2.45, 2.75) is 20.8 Å². The van der Waals surface area contributed by atoms with Gasteiger partial charge >= 0.3 is 0 Å². The molecule has 1 nitrogen and oxygen atoms in total. The van der Waals surface area contributed by atoms with Crippen LogP contribution < -0.4 is 4.18 Å². The van der Waals surface area contributed by atoms with Gasteiger partial charge in [-0.25, -0.2) is 0 Å². The molecule has 0 saturated carbocycles. The highest BCUT2D eigenvalue weighted by molar-refractivity contribution is 7.99. The van der Waals surface area contributed by atoms with Crippen LogP contribution in [0.5, 0.6) is 5.75 Å². The molecule has 0 N–H and O–H groups in total. The van der Waals surface area contributed by atoms with Crippen molar-refractivity contribution in [2.75, 3.05) is 0 Å². The molecule has 13 heavy (non-hydrogen) atoms. The summed E-state index contributed by atoms with van der Waals surface area (Å²) in [6, 6.07) is 6.08. The van der Waals surface area contributed by atoms with Gasteiger partial charge in [0.15, 0.2) is 0 Å². The van der Waals surface area contributed by atoms with Gasteiger partial charge in [-0.1, -0.05) is 24.1 Å². The first-order valence-electron chi connectivity index (χ1n) is 4.07. The predicted molar refractivity (Wildman–Crippen MR) is 57.6 cm³/mol. The molecule has 1 rings (SSSR count). The highest BCUT2D eigenvalue weighted by Crippen LogP contribution is 2.25. The first-order valence-corrected chi connectivity index (χ1v) is 4.81. The summed E-state index contributed by atoms with van der Waals surface area (Å²) in [5.74, 6) is 3.69. The van der Waals surface area contributed by atoms with E-state index in [1.807, 2.05) is 32.0 Å². The summed E-state index contributed by atoms with van der Waals surface area (Å²) in [4.78, 5) is 0. The Hall–Kier alpha value is -1.07. The summed E-state index contributed by atoms with van der Waals surface area (Å²) in [5, 5.41) is 2.80. The molecular weight excluding hydrogens is 180 g/mol. The average molecular weight is 192 g/mol. The Morgan fingerprint density at radius 3 is 2.38 bits per heavy atom. The second-order valence-electron chi connectivity index (χ2n) is 2.74. The monoisotopic (exact) mass is 192 g/mol. The van der Waals surface area contributed by atoms with E-state index in [2.05, 4.69) is 11.2 Å². The molecule has 0 aliphatic heterocycles. The molecule has 0 heterocycles. The summed E-state index contributed by atoms with van der Waals surface area (Å²) < 4.78 is 5.45. The molecule has 0 aliphatic carbocycles. The van der Waals surface area contributed by atoms with Crippen molar-refractivity contribution in [2.24, 2.45) is 0 Å². The maximum absolute atomic E-state index is 5.45. The second-order valence-corrected chi connectivity index (χ2v) is 3.28. The van der Waals surface area contributed by atoms with Crippen LogP contribution in [-0.2, 0) is 0 Å². The van der Waals surface area contributed by atoms with E-state index in [9.17, 15) is 0 Å². The van der Waals surface area contributed by atoms with Gasteiger partial charge < -0.3 is 4.18 Å². The molecule has 0 aliphatic rings. The maximum atomic E-state index is 5.45. The van der Waals surface area contributed by atoms with Gasteiger partial charge in [0.25, 0.3) is 0 Å². The Kier molecular flexibility index (Phi) is 3.72. The summed E-state index contributed by atoms with van der Waals surface area (Å²) >= 11 is 1.17. The predicted octanol–water partition coefficient (Wildman–Crippen LogP) is 3.31. The van der Waals surface area contributed by atoms with Crippen LogP contribution >= 0.6 is 12.0 Å². The summed E-state index contributed by atoms with van der Waals surface area (Å²) in [7, 11) is 0. The van der Waals surface area contributed by atoms with Crippen molar-refractivity contribution in [3.63, 3.8) is 0 Å². The normalized spacial score (nSPS) is 8.85. The topological polar surface area (TPSA) is 9.23 Å². The van der Waals surface area contributed by atoms with Gasteiger partial charge in [0.05, 0.1) is 0 Å². The summed E-state index contributed by atoms with van der Waals surface area (Å²) in [6.07, 6.45) is 0. The lowest BCUT2D eigenvalue weighted by Gasteiger charge is -2.06. The number of aryl methyl sites for hydroxylation is 2. The molecule has 1 aromatic rings. The molecule has 0 fully saturated rings. The minimum atomic E-state index is 0.926. The lowest BCUT2D eigenvalue weighted by atomic mass is 10.1. The zero-order chi connectivity index (χ0) is 9.68. The maximum Gasteiger partial charge on any atom is 0.145 e. The van der Waals surface area contributed by atoms with Crippen LogP contribution in [0.15, 0.2) is 18.2 Å². The van der Waals surface area contributed by atoms with Crippen LogP contribution in [0.1, 0.15) is 18.1 Å². The summed E-state index contributed by atoms with van der Waals surface area (Å²) in [6.45, 7) is 5.85. The van der Waals surface area contributed by atoms with E-state index >= 15 is 0 Å². The van der Waals surface area contributed by atoms with Crippen molar-refractivity contribution in [3.05, 3.63) is 29.3 Å². The lowest BCUT2D eigenvalue weighted by Crippen LogP contribution is -1.87. The molecule has 0 radical (unpaired) electrons. The van der Waals surface area contributed by atoms with Crippen LogP contribution in [0.4, 0.5) is 0 Å². The molecule has 0 unspecified atom stereocenters. The van der Waals surface area contributed by atoms with Gasteiger partial charge in [0, 0.05) is 5.25 Å². The molecule has 0 amide bonds. The standard InChI is InChI=1S/C11H12OS/c1-4-8-13-12-11-9(2)6-5-7-10(11)3/h5-7H,1-3H3. The Labute approximate surface area is 83.7 Å². The van der Waals surface area contributed by atoms with Crippen molar-refractivity contribution in [1.82, 2.24) is 0 Å². The van der Waals surface area contributed by atoms with Crippen LogP contribution in [0.25, 0.3) is 0 Å². The fourth-order valence-corrected chi connectivity index (χ4v) is 1.51. The number of para-hydroxylation sites is 1. The fourth-order valence-electron chi connectivity index (χ4n) is 1.03. The third-order valence-electron chi connectivity index (χ3n) is 1.68. The molecule has 0 saturated heterocycles. The highest BCUT2D eigenvalue weighted by atomic mass is 32.2. The van der Waals surface area contributed by atoms with Crippen LogP contribution in [-0.4, -0.2) is 0 Å². The molecule has 0 aromatic heterocycles. The van der Waals surface area contributed by atoms with Gasteiger partial charge in [-0.05, 0) is 31.9 Å². The van der Waals surface area contributed by atoms with E-state index in [-0.39, 0.29) is 0 Å². The Balaban J connectivity index is 2.79. The second kappa shape index (κ2) is 4.84. The Bertz CT molecular complexity index is 327. The fraction of sp³-hybridized carbons (Fsp3) is 0.273. The third kappa shape index (κ3) is 2.71. The van der Waals surface area contributed by atoms with Gasteiger partial charge in [-0.2, -0.15) is 0 Å². The molecule has 0 bridgehead atoms. The molecule has 1 aromatic carbocycles. The van der Waals surface area contributed by atoms with E-state index in [4.69, 9.17) is 4.18 Å². The SMILES string of the molecule is CC#CSOc1c(C)cccc1C. The summed E-state index contributed by atoms with van der Waals surface area (Å²) in [5.41, 5.74) is 2.29. The molecule has 0 spiro atoms. The van der Waals surface area contributed by atoms with Crippen LogP contribution in [0.2, 0.25) is 0 Å². The van der Waals surface area contributed by atoms with Crippen molar-refractivity contribution < 1.29 is 4.18 Å². The van der Waals surface area contributed by atoms with E-state index < -0.39 is 0 Å². The van der Waals surface area contributed by atoms with E-state index in [0.717, 1.165) is 16.9 Å². The molecular formula is C11H12OS. The van der Waals surface area contributed by atoms with Gasteiger partial charge in [-0.15, -0.1) is 0 Å². The van der Waals surface area contributed by atoms with E-state index in [1.54, 1.807) is 6.92 Å². The smallest absolute Gasteiger partial charge is 0.145 e. The van der Waals surface area contributed by atoms with Gasteiger partial charge in [0.2, 0.25) is 0 Å². The van der Waals surface area contributed by atoms with Gasteiger partial charge in [0.1, 0.15) is 17.8 Å². The Morgan fingerprint density at radius 1 is 1.23 bits per heavy atom. The number of hydrogen-bond donors (Lipinski definition) is 0. The highest BCUT2D eigenvalue weighted by Gasteiger charge is 2.02. The zero-order valence-corrected chi connectivity index (χ0v) is 8.87. The number of hydrogen-bond acceptors (Lipinski definition) is 2. The zero-order valence-electron chi connectivity index (χ0n) is 8.05. The molecule has 2 heteroatoms. The quantitative estimate of drug-likeness (QED) is 0.525. The lowest BCUT2D eigenvalue weighted by molar-refractivity contribution is 0.640. The van der Waals surface area contributed by atoms with E-state index in [1.165, 1.54) is 12.0 Å². The number of benzene rings is 1. The minimum absolute atomic E-state index is 0.926. The molecule has 0 atom stereocenters. The minimum Gasteiger partial charge on any atom is -0.412 e. The van der Waals surface area contributed by atoms with Crippen LogP contribution in [0, 0.1) is 25.0 Å².